The number of hydrogen-bond acceptors (Lipinski definition) is 6. The molecule has 2 aliphatic rings. The topological polar surface area (TPSA) is 87.7 Å². The van der Waals surface area contributed by atoms with Crippen LogP contribution < -0.4 is 10.2 Å². The number of likely N-dealkylation sites (tertiary alicyclic amines) is 1. The highest BCUT2D eigenvalue weighted by molar-refractivity contribution is 5.87. The summed E-state index contributed by atoms with van der Waals surface area (Å²) in [5.74, 6) is 0.115. The van der Waals surface area contributed by atoms with E-state index in [1.165, 1.54) is 0 Å². The number of carbonyl (C=O) groups excluding carboxylic acids is 2. The van der Waals surface area contributed by atoms with Gasteiger partial charge in [0.1, 0.15) is 11.6 Å². The lowest BCUT2D eigenvalue weighted by atomic mass is 10.0. The third-order valence-electron chi connectivity index (χ3n) is 5.08. The van der Waals surface area contributed by atoms with Crippen LogP contribution in [0.3, 0.4) is 0 Å². The molecule has 11 heteroatoms. The van der Waals surface area contributed by atoms with Crippen molar-refractivity contribution in [3.63, 3.8) is 0 Å². The molecule has 0 spiro atoms. The molecule has 1 aromatic heterocycles. The Morgan fingerprint density at radius 3 is 2.23 bits per heavy atom. The third kappa shape index (κ3) is 5.31. The minimum Gasteiger partial charge on any atom is -0.444 e. The quantitative estimate of drug-likeness (QED) is 0.795. The van der Waals surface area contributed by atoms with Crippen molar-refractivity contribution in [3.05, 3.63) is 18.0 Å². The Morgan fingerprint density at radius 1 is 1.10 bits per heavy atom. The van der Waals surface area contributed by atoms with Gasteiger partial charge in [-0.1, -0.05) is 0 Å². The Hall–Kier alpha value is -2.59. The Bertz CT molecular complexity index is 771. The second kappa shape index (κ2) is 8.27. The van der Waals surface area contributed by atoms with Gasteiger partial charge in [0, 0.05) is 38.1 Å². The number of ether oxygens (including phenoxy) is 1. The highest BCUT2D eigenvalue weighted by atomic mass is 19.4. The van der Waals surface area contributed by atoms with Crippen LogP contribution in [0.2, 0.25) is 0 Å². The molecule has 2 amide bonds. The molecule has 0 radical (unpaired) electrons. The summed E-state index contributed by atoms with van der Waals surface area (Å²) in [7, 11) is 0. The molecule has 2 saturated heterocycles. The van der Waals surface area contributed by atoms with E-state index in [0.29, 0.717) is 38.9 Å². The Balaban J connectivity index is 1.52. The van der Waals surface area contributed by atoms with E-state index in [1.807, 2.05) is 4.90 Å². The molecule has 166 valence electrons. The molecular weight excluding hydrogens is 403 g/mol. The van der Waals surface area contributed by atoms with Gasteiger partial charge in [0.05, 0.1) is 5.56 Å². The molecule has 0 bridgehead atoms. The number of halogens is 3. The zero-order chi connectivity index (χ0) is 22.1. The maximum Gasteiger partial charge on any atom is 0.419 e. The van der Waals surface area contributed by atoms with Gasteiger partial charge in [-0.15, -0.1) is 0 Å². The zero-order valence-corrected chi connectivity index (χ0v) is 17.2. The molecule has 0 aromatic carbocycles. The maximum absolute atomic E-state index is 12.7. The molecule has 0 saturated carbocycles. The highest BCUT2D eigenvalue weighted by Crippen LogP contribution is 2.29. The van der Waals surface area contributed by atoms with Gasteiger partial charge in [0.2, 0.25) is 11.9 Å². The summed E-state index contributed by atoms with van der Waals surface area (Å²) in [6.45, 7) is 6.87. The Morgan fingerprint density at radius 2 is 1.70 bits per heavy atom. The summed E-state index contributed by atoms with van der Waals surface area (Å²) in [4.78, 5) is 35.9. The summed E-state index contributed by atoms with van der Waals surface area (Å²) in [6, 6.07) is -0.593. The number of alkyl halides is 3. The maximum atomic E-state index is 12.7. The first-order chi connectivity index (χ1) is 13.9. The Kier molecular flexibility index (Phi) is 6.09. The molecule has 1 N–H and O–H groups in total. The van der Waals surface area contributed by atoms with Gasteiger partial charge in [-0.3, -0.25) is 4.79 Å². The van der Waals surface area contributed by atoms with Crippen LogP contribution in [0.4, 0.5) is 23.9 Å². The normalized spacial score (nSPS) is 21.1. The van der Waals surface area contributed by atoms with Crippen LogP contribution in [0.5, 0.6) is 0 Å². The van der Waals surface area contributed by atoms with E-state index < -0.39 is 29.5 Å². The monoisotopic (exact) mass is 429 g/mol. The SMILES string of the molecule is CC(C)(C)OC(=O)N[C@@H]1CCN(C2CCN(c3ncc(C(F)(F)F)cn3)CC2)C1=O. The number of carbonyl (C=O) groups is 2. The summed E-state index contributed by atoms with van der Waals surface area (Å²) < 4.78 is 43.2. The predicted octanol–water partition coefficient (Wildman–Crippen LogP) is 2.59. The van der Waals surface area contributed by atoms with E-state index in [4.69, 9.17) is 4.74 Å². The zero-order valence-electron chi connectivity index (χ0n) is 17.2. The molecule has 2 fully saturated rings. The standard InChI is InChI=1S/C19H26F3N5O3/c1-18(2,3)30-17(29)25-14-6-9-27(15(14)28)13-4-7-26(8-5-13)16-23-10-12(11-24-16)19(20,21)22/h10-11,13-14H,4-9H2,1-3H3,(H,25,29)/t14-/m1/s1. The smallest absolute Gasteiger partial charge is 0.419 e. The van der Waals surface area contributed by atoms with Crippen LogP contribution in [-0.4, -0.2) is 64.2 Å². The number of rotatable bonds is 3. The predicted molar refractivity (Wildman–Crippen MR) is 102 cm³/mol. The molecule has 0 aliphatic carbocycles. The minimum absolute atomic E-state index is 0.00800. The van der Waals surface area contributed by atoms with Crippen LogP contribution in [0.15, 0.2) is 12.4 Å². The second-order valence-electron chi connectivity index (χ2n) is 8.51. The fraction of sp³-hybridized carbons (Fsp3) is 0.684. The summed E-state index contributed by atoms with van der Waals surface area (Å²) >= 11 is 0. The number of amides is 2. The van der Waals surface area contributed by atoms with Crippen molar-refractivity contribution in [1.82, 2.24) is 20.2 Å². The Labute approximate surface area is 172 Å². The molecule has 30 heavy (non-hydrogen) atoms. The van der Waals surface area contributed by atoms with Crippen LogP contribution in [-0.2, 0) is 15.7 Å². The van der Waals surface area contributed by atoms with Crippen molar-refractivity contribution in [2.75, 3.05) is 24.5 Å². The van der Waals surface area contributed by atoms with Crippen molar-refractivity contribution < 1.29 is 27.5 Å². The van der Waals surface area contributed by atoms with Crippen molar-refractivity contribution >= 4 is 17.9 Å². The second-order valence-corrected chi connectivity index (χ2v) is 8.51. The molecule has 0 unspecified atom stereocenters. The molecule has 3 rings (SSSR count). The van der Waals surface area contributed by atoms with Gasteiger partial charge >= 0.3 is 12.3 Å². The minimum atomic E-state index is -4.47. The number of aromatic nitrogens is 2. The van der Waals surface area contributed by atoms with E-state index in [2.05, 4.69) is 15.3 Å². The van der Waals surface area contributed by atoms with Gasteiger partial charge in [-0.05, 0) is 40.0 Å². The van der Waals surface area contributed by atoms with Gasteiger partial charge < -0.3 is 19.9 Å². The van der Waals surface area contributed by atoms with Crippen molar-refractivity contribution in [2.45, 2.75) is 63.9 Å². The van der Waals surface area contributed by atoms with E-state index >= 15 is 0 Å². The summed E-state index contributed by atoms with van der Waals surface area (Å²) in [5.41, 5.74) is -1.52. The largest absolute Gasteiger partial charge is 0.444 e. The lowest BCUT2D eigenvalue weighted by Gasteiger charge is -2.36. The van der Waals surface area contributed by atoms with Crippen LogP contribution in [0.1, 0.15) is 45.6 Å². The molecular formula is C19H26F3N5O3. The number of nitrogens with one attached hydrogen (secondary N) is 1. The molecule has 3 heterocycles. The average molecular weight is 429 g/mol. The lowest BCUT2D eigenvalue weighted by molar-refractivity contribution is -0.138. The summed E-state index contributed by atoms with van der Waals surface area (Å²) in [6.07, 6.45) is -1.70. The number of anilines is 1. The number of nitrogens with zero attached hydrogens (tertiary/aromatic N) is 4. The molecule has 2 aliphatic heterocycles. The molecule has 8 nitrogen and oxygen atoms in total. The van der Waals surface area contributed by atoms with E-state index in [9.17, 15) is 22.8 Å². The van der Waals surface area contributed by atoms with Crippen LogP contribution in [0.25, 0.3) is 0 Å². The van der Waals surface area contributed by atoms with Gasteiger partial charge in [0.15, 0.2) is 0 Å². The first kappa shape index (κ1) is 22.1. The average Bonchev–Trinajstić information content (AvgIpc) is 3.00. The highest BCUT2D eigenvalue weighted by Gasteiger charge is 2.39. The first-order valence-electron chi connectivity index (χ1n) is 9.88. The van der Waals surface area contributed by atoms with E-state index in [-0.39, 0.29) is 17.9 Å². The lowest BCUT2D eigenvalue weighted by Crippen LogP contribution is -2.49. The van der Waals surface area contributed by atoms with Gasteiger partial charge in [-0.25, -0.2) is 14.8 Å². The fourth-order valence-corrected chi connectivity index (χ4v) is 3.66. The van der Waals surface area contributed by atoms with Gasteiger partial charge in [-0.2, -0.15) is 13.2 Å². The number of alkyl carbamates (subject to hydrolysis) is 1. The third-order valence-corrected chi connectivity index (χ3v) is 5.08. The van der Waals surface area contributed by atoms with Gasteiger partial charge in [0.25, 0.3) is 0 Å². The van der Waals surface area contributed by atoms with E-state index in [1.54, 1.807) is 25.7 Å². The van der Waals surface area contributed by atoms with Crippen molar-refractivity contribution in [3.8, 4) is 0 Å². The van der Waals surface area contributed by atoms with Crippen molar-refractivity contribution in [1.29, 1.82) is 0 Å². The summed E-state index contributed by atoms with van der Waals surface area (Å²) in [5, 5.41) is 2.63. The van der Waals surface area contributed by atoms with Crippen molar-refractivity contribution in [2.24, 2.45) is 0 Å². The van der Waals surface area contributed by atoms with E-state index in [0.717, 1.165) is 12.4 Å². The first-order valence-corrected chi connectivity index (χ1v) is 9.88. The molecule has 1 atom stereocenters. The fourth-order valence-electron chi connectivity index (χ4n) is 3.66. The number of piperidine rings is 1. The van der Waals surface area contributed by atoms with Crippen LogP contribution in [0, 0.1) is 0 Å². The van der Waals surface area contributed by atoms with Crippen LogP contribution >= 0.6 is 0 Å². The molecule has 1 aromatic rings. The number of hydrogen-bond donors (Lipinski definition) is 1.